The minimum Gasteiger partial charge on any atom is -0.489 e. The number of imidazole rings is 1. The van der Waals surface area contributed by atoms with E-state index in [0.717, 1.165) is 28.0 Å². The molecule has 4 rings (SSSR count). The van der Waals surface area contributed by atoms with Crippen molar-refractivity contribution in [2.24, 2.45) is 0 Å². The molecule has 180 valence electrons. The maximum atomic E-state index is 12.9. The quantitative estimate of drug-likeness (QED) is 0.332. The number of benzene rings is 3. The Morgan fingerprint density at radius 2 is 1.80 bits per heavy atom. The Hall–Kier alpha value is -3.84. The molecular weight excluding hydrogens is 464 g/mol. The molecule has 0 aliphatic rings. The van der Waals surface area contributed by atoms with Crippen LogP contribution in [-0.2, 0) is 11.2 Å². The van der Waals surface area contributed by atoms with Crippen molar-refractivity contribution in [3.63, 3.8) is 0 Å². The molecule has 0 aliphatic carbocycles. The molecule has 7 nitrogen and oxygen atoms in total. The van der Waals surface area contributed by atoms with Crippen LogP contribution in [0.5, 0.6) is 5.75 Å². The number of carbonyl (C=O) groups excluding carboxylic acids is 2. The van der Waals surface area contributed by atoms with E-state index >= 15 is 0 Å². The largest absolute Gasteiger partial charge is 0.489 e. The summed E-state index contributed by atoms with van der Waals surface area (Å²) in [6, 6.07) is 19.7. The number of H-pyrrole nitrogens is 1. The van der Waals surface area contributed by atoms with Crippen LogP contribution in [0.3, 0.4) is 0 Å². The Labute approximate surface area is 208 Å². The molecule has 3 aromatic carbocycles. The Kier molecular flexibility index (Phi) is 7.36. The SMILES string of the molecule is CNC(=O)C(Cc1ccc(-c2nc3ccccc3[nH]2)cc1)NC(=O)c1ccc(OC(C)C)c(Cl)c1. The summed E-state index contributed by atoms with van der Waals surface area (Å²) in [4.78, 5) is 33.3. The summed E-state index contributed by atoms with van der Waals surface area (Å²) in [7, 11) is 1.54. The van der Waals surface area contributed by atoms with E-state index in [-0.39, 0.29) is 12.0 Å². The smallest absolute Gasteiger partial charge is 0.251 e. The normalized spacial score (nSPS) is 11.9. The standard InChI is InChI=1S/C27H27ClN4O3/c1-16(2)35-24-13-12-19(15-20(24)28)26(33)32-23(27(34)29-3)14-17-8-10-18(11-9-17)25-30-21-6-4-5-7-22(21)31-25/h4-13,15-16,23H,14H2,1-3H3,(H,29,34)(H,30,31)(H,32,33). The van der Waals surface area contributed by atoms with Crippen molar-refractivity contribution in [1.82, 2.24) is 20.6 Å². The van der Waals surface area contributed by atoms with Gasteiger partial charge in [0.2, 0.25) is 5.91 Å². The zero-order valence-corrected chi connectivity index (χ0v) is 20.5. The lowest BCUT2D eigenvalue weighted by Gasteiger charge is -2.18. The van der Waals surface area contributed by atoms with Gasteiger partial charge in [0.15, 0.2) is 0 Å². The van der Waals surface area contributed by atoms with Crippen molar-refractivity contribution in [1.29, 1.82) is 0 Å². The van der Waals surface area contributed by atoms with Crippen LogP contribution < -0.4 is 15.4 Å². The van der Waals surface area contributed by atoms with Crippen LogP contribution >= 0.6 is 11.6 Å². The number of nitrogens with zero attached hydrogens (tertiary/aromatic N) is 1. The van der Waals surface area contributed by atoms with Crippen LogP contribution in [0, 0.1) is 0 Å². The minimum absolute atomic E-state index is 0.0389. The number of amides is 2. The maximum Gasteiger partial charge on any atom is 0.251 e. The summed E-state index contributed by atoms with van der Waals surface area (Å²) >= 11 is 6.27. The average Bonchev–Trinajstić information content (AvgIpc) is 3.29. The Balaban J connectivity index is 1.47. The molecule has 0 radical (unpaired) electrons. The van der Waals surface area contributed by atoms with Gasteiger partial charge in [0.25, 0.3) is 5.91 Å². The second kappa shape index (κ2) is 10.6. The van der Waals surface area contributed by atoms with E-state index in [2.05, 4.69) is 20.6 Å². The highest BCUT2D eigenvalue weighted by Crippen LogP contribution is 2.26. The Morgan fingerprint density at radius 1 is 1.06 bits per heavy atom. The molecule has 0 saturated carbocycles. The number of fused-ring (bicyclic) bond motifs is 1. The van der Waals surface area contributed by atoms with Crippen LogP contribution in [0.4, 0.5) is 0 Å². The average molecular weight is 491 g/mol. The number of aromatic amines is 1. The van der Waals surface area contributed by atoms with E-state index in [0.29, 0.717) is 22.8 Å². The number of para-hydroxylation sites is 2. The van der Waals surface area contributed by atoms with Gasteiger partial charge in [0.1, 0.15) is 17.6 Å². The molecule has 3 N–H and O–H groups in total. The molecule has 1 heterocycles. The summed E-state index contributed by atoms with van der Waals surface area (Å²) in [5.74, 6) is 0.599. The molecule has 1 atom stereocenters. The predicted molar refractivity (Wildman–Crippen MR) is 138 cm³/mol. The lowest BCUT2D eigenvalue weighted by molar-refractivity contribution is -0.122. The first-order chi connectivity index (χ1) is 16.8. The molecule has 4 aromatic rings. The second-order valence-electron chi connectivity index (χ2n) is 8.46. The molecule has 1 aromatic heterocycles. The second-order valence-corrected chi connectivity index (χ2v) is 8.86. The number of hydrogen-bond donors (Lipinski definition) is 3. The van der Waals surface area contributed by atoms with Crippen LogP contribution in [-0.4, -0.2) is 41.0 Å². The number of rotatable bonds is 8. The summed E-state index contributed by atoms with van der Waals surface area (Å²) in [5.41, 5.74) is 4.05. The van der Waals surface area contributed by atoms with Gasteiger partial charge in [-0.2, -0.15) is 0 Å². The molecule has 2 amide bonds. The highest BCUT2D eigenvalue weighted by Gasteiger charge is 2.22. The molecular formula is C27H27ClN4O3. The minimum atomic E-state index is -0.755. The van der Waals surface area contributed by atoms with Gasteiger partial charge in [0, 0.05) is 24.6 Å². The van der Waals surface area contributed by atoms with Crippen LogP contribution in [0.1, 0.15) is 29.8 Å². The fourth-order valence-corrected chi connectivity index (χ4v) is 3.97. The predicted octanol–water partition coefficient (Wildman–Crippen LogP) is 4.76. The molecule has 35 heavy (non-hydrogen) atoms. The maximum absolute atomic E-state index is 12.9. The number of nitrogens with one attached hydrogen (secondary N) is 3. The number of halogens is 1. The molecule has 8 heteroatoms. The fraction of sp³-hybridized carbons (Fsp3) is 0.222. The third-order valence-corrected chi connectivity index (χ3v) is 5.78. The van der Waals surface area contributed by atoms with Gasteiger partial charge in [-0.1, -0.05) is 48.0 Å². The first-order valence-corrected chi connectivity index (χ1v) is 11.7. The van der Waals surface area contributed by atoms with Crippen LogP contribution in [0.2, 0.25) is 5.02 Å². The van der Waals surface area contributed by atoms with Crippen LogP contribution in [0.15, 0.2) is 66.7 Å². The lowest BCUT2D eigenvalue weighted by atomic mass is 10.0. The van der Waals surface area contributed by atoms with Gasteiger partial charge in [-0.05, 0) is 49.7 Å². The van der Waals surface area contributed by atoms with Gasteiger partial charge < -0.3 is 20.4 Å². The topological polar surface area (TPSA) is 96.1 Å². The first-order valence-electron chi connectivity index (χ1n) is 11.4. The van der Waals surface area contributed by atoms with E-state index < -0.39 is 11.9 Å². The zero-order valence-electron chi connectivity index (χ0n) is 19.8. The highest BCUT2D eigenvalue weighted by molar-refractivity contribution is 6.32. The Morgan fingerprint density at radius 3 is 2.46 bits per heavy atom. The van der Waals surface area contributed by atoms with Crippen molar-refractivity contribution in [2.75, 3.05) is 7.05 Å². The fourth-order valence-electron chi connectivity index (χ4n) is 3.74. The summed E-state index contributed by atoms with van der Waals surface area (Å²) in [6.07, 6.45) is 0.289. The highest BCUT2D eigenvalue weighted by atomic mass is 35.5. The summed E-state index contributed by atoms with van der Waals surface area (Å²) < 4.78 is 5.62. The van der Waals surface area contributed by atoms with Crippen molar-refractivity contribution >= 4 is 34.4 Å². The van der Waals surface area contributed by atoms with Crippen molar-refractivity contribution in [3.05, 3.63) is 82.9 Å². The van der Waals surface area contributed by atoms with E-state index in [9.17, 15) is 9.59 Å². The van der Waals surface area contributed by atoms with E-state index in [1.807, 2.05) is 62.4 Å². The van der Waals surface area contributed by atoms with E-state index in [1.54, 1.807) is 19.2 Å². The van der Waals surface area contributed by atoms with E-state index in [4.69, 9.17) is 16.3 Å². The molecule has 0 spiro atoms. The van der Waals surface area contributed by atoms with Gasteiger partial charge >= 0.3 is 0 Å². The number of likely N-dealkylation sites (N-methyl/N-ethyl adjacent to an activating group) is 1. The Bertz CT molecular complexity index is 1320. The van der Waals surface area contributed by atoms with Crippen molar-refractivity contribution in [3.8, 4) is 17.1 Å². The van der Waals surface area contributed by atoms with Gasteiger partial charge in [-0.3, -0.25) is 9.59 Å². The molecule has 1 unspecified atom stereocenters. The van der Waals surface area contributed by atoms with Crippen molar-refractivity contribution in [2.45, 2.75) is 32.4 Å². The summed E-state index contributed by atoms with van der Waals surface area (Å²) in [6.45, 7) is 3.79. The molecule has 0 fully saturated rings. The van der Waals surface area contributed by atoms with Gasteiger partial charge in [-0.15, -0.1) is 0 Å². The third-order valence-electron chi connectivity index (χ3n) is 5.48. The van der Waals surface area contributed by atoms with Crippen LogP contribution in [0.25, 0.3) is 22.4 Å². The monoisotopic (exact) mass is 490 g/mol. The number of ether oxygens (including phenoxy) is 1. The lowest BCUT2D eigenvalue weighted by Crippen LogP contribution is -2.47. The van der Waals surface area contributed by atoms with Gasteiger partial charge in [0.05, 0.1) is 22.2 Å². The molecule has 0 saturated heterocycles. The summed E-state index contributed by atoms with van der Waals surface area (Å²) in [5, 5.41) is 5.77. The number of carbonyl (C=O) groups is 2. The number of hydrogen-bond acceptors (Lipinski definition) is 4. The molecule has 0 aliphatic heterocycles. The van der Waals surface area contributed by atoms with Crippen molar-refractivity contribution < 1.29 is 14.3 Å². The zero-order chi connectivity index (χ0) is 24.9. The number of aromatic nitrogens is 2. The molecule has 0 bridgehead atoms. The first kappa shape index (κ1) is 24.3. The van der Waals surface area contributed by atoms with E-state index in [1.165, 1.54) is 6.07 Å². The van der Waals surface area contributed by atoms with Gasteiger partial charge in [-0.25, -0.2) is 4.98 Å². The third kappa shape index (κ3) is 5.81.